The Kier molecular flexibility index (Phi) is 5.44. The first-order valence-electron chi connectivity index (χ1n) is 6.47. The van der Waals surface area contributed by atoms with E-state index in [1.165, 1.54) is 0 Å². The zero-order valence-corrected chi connectivity index (χ0v) is 12.1. The maximum absolute atomic E-state index is 11.5. The first-order valence-corrected chi connectivity index (χ1v) is 6.47. The first kappa shape index (κ1) is 15.6. The Morgan fingerprint density at radius 2 is 2.16 bits per heavy atom. The van der Waals surface area contributed by atoms with Gasteiger partial charge in [0.15, 0.2) is 5.82 Å². The van der Waals surface area contributed by atoms with Crippen LogP contribution in [-0.2, 0) is 16.9 Å². The van der Waals surface area contributed by atoms with E-state index >= 15 is 0 Å². The summed E-state index contributed by atoms with van der Waals surface area (Å²) in [6.45, 7) is 9.60. The minimum Gasteiger partial charge on any atom is -0.355 e. The van der Waals surface area contributed by atoms with Crippen molar-refractivity contribution in [1.82, 2.24) is 20.4 Å². The van der Waals surface area contributed by atoms with Crippen molar-refractivity contribution in [3.05, 3.63) is 11.7 Å². The molecule has 0 saturated carbocycles. The van der Waals surface area contributed by atoms with Gasteiger partial charge in [-0.15, -0.1) is 0 Å². The number of hydrogen-bond donors (Lipinski definition) is 2. The van der Waals surface area contributed by atoms with Crippen molar-refractivity contribution >= 4 is 5.91 Å². The smallest absolute Gasteiger partial charge is 0.240 e. The fourth-order valence-electron chi connectivity index (χ4n) is 1.51. The summed E-state index contributed by atoms with van der Waals surface area (Å²) >= 11 is 0. The van der Waals surface area contributed by atoms with Crippen LogP contribution in [-0.4, -0.2) is 40.6 Å². The molecule has 1 aromatic rings. The summed E-state index contributed by atoms with van der Waals surface area (Å²) in [5, 5.41) is 6.61. The van der Waals surface area contributed by atoms with Crippen LogP contribution in [0.3, 0.4) is 0 Å². The molecular formula is C12H23N5O2. The lowest BCUT2D eigenvalue weighted by atomic mass is 10.1. The molecule has 1 rings (SSSR count). The molecular weight excluding hydrogens is 246 g/mol. The lowest BCUT2D eigenvalue weighted by Crippen LogP contribution is -2.36. The third kappa shape index (κ3) is 4.96. The number of nitrogens with two attached hydrogens (primary N) is 1. The normalized spacial score (nSPS) is 11.9. The Morgan fingerprint density at radius 3 is 2.63 bits per heavy atom. The van der Waals surface area contributed by atoms with E-state index in [0.29, 0.717) is 31.3 Å². The molecule has 1 aromatic heterocycles. The van der Waals surface area contributed by atoms with Crippen LogP contribution in [0.2, 0.25) is 0 Å². The quantitative estimate of drug-likeness (QED) is 0.735. The molecule has 1 heterocycles. The molecule has 19 heavy (non-hydrogen) atoms. The van der Waals surface area contributed by atoms with Gasteiger partial charge >= 0.3 is 0 Å². The van der Waals surface area contributed by atoms with E-state index in [2.05, 4.69) is 15.5 Å². The van der Waals surface area contributed by atoms with Gasteiger partial charge in [-0.1, -0.05) is 12.1 Å². The highest BCUT2D eigenvalue weighted by atomic mass is 16.5. The van der Waals surface area contributed by atoms with Crippen LogP contribution in [0.1, 0.15) is 39.4 Å². The Bertz CT molecular complexity index is 410. The maximum Gasteiger partial charge on any atom is 0.240 e. The monoisotopic (exact) mass is 269 g/mol. The van der Waals surface area contributed by atoms with E-state index in [1.54, 1.807) is 0 Å². The van der Waals surface area contributed by atoms with Crippen molar-refractivity contribution in [2.45, 2.75) is 39.8 Å². The molecule has 0 unspecified atom stereocenters. The number of aromatic nitrogens is 2. The summed E-state index contributed by atoms with van der Waals surface area (Å²) in [5.74, 6) is 0.930. The van der Waals surface area contributed by atoms with E-state index in [9.17, 15) is 4.79 Å². The largest absolute Gasteiger partial charge is 0.355 e. The van der Waals surface area contributed by atoms with Gasteiger partial charge in [-0.3, -0.25) is 9.69 Å². The average molecular weight is 269 g/mol. The predicted molar refractivity (Wildman–Crippen MR) is 71.1 cm³/mol. The minimum absolute atomic E-state index is 0.0109. The summed E-state index contributed by atoms with van der Waals surface area (Å²) in [5.41, 5.74) is 5.26. The van der Waals surface area contributed by atoms with Crippen LogP contribution in [0.25, 0.3) is 0 Å². The number of carbonyl (C=O) groups excluding carboxylic acids is 1. The van der Waals surface area contributed by atoms with Crippen LogP contribution in [0.5, 0.6) is 0 Å². The molecule has 0 radical (unpaired) electrons. The van der Waals surface area contributed by atoms with E-state index in [0.717, 1.165) is 6.54 Å². The number of likely N-dealkylation sites (N-methyl/N-ethyl adjacent to an activating group) is 2. The van der Waals surface area contributed by atoms with Gasteiger partial charge in [-0.25, -0.2) is 0 Å². The second-order valence-electron chi connectivity index (χ2n) is 4.99. The number of rotatable bonds is 7. The zero-order chi connectivity index (χ0) is 14.5. The van der Waals surface area contributed by atoms with Gasteiger partial charge in [0.05, 0.1) is 18.6 Å². The Labute approximate surface area is 113 Å². The summed E-state index contributed by atoms with van der Waals surface area (Å²) < 4.78 is 5.15. The van der Waals surface area contributed by atoms with Crippen LogP contribution in [0.4, 0.5) is 0 Å². The van der Waals surface area contributed by atoms with E-state index in [1.807, 2.05) is 32.6 Å². The lowest BCUT2D eigenvalue weighted by Gasteiger charge is -2.17. The SMILES string of the molecule is CCNC(=O)CN(CC)Cc1nc(C(C)(C)N)no1. The first-order chi connectivity index (χ1) is 8.86. The van der Waals surface area contributed by atoms with Crippen molar-refractivity contribution in [2.75, 3.05) is 19.6 Å². The Morgan fingerprint density at radius 1 is 1.47 bits per heavy atom. The topological polar surface area (TPSA) is 97.3 Å². The van der Waals surface area contributed by atoms with Gasteiger partial charge in [0, 0.05) is 6.54 Å². The molecule has 0 aliphatic rings. The summed E-state index contributed by atoms with van der Waals surface area (Å²) in [4.78, 5) is 17.7. The van der Waals surface area contributed by atoms with Crippen molar-refractivity contribution in [2.24, 2.45) is 5.73 Å². The molecule has 0 spiro atoms. The molecule has 0 aliphatic carbocycles. The van der Waals surface area contributed by atoms with Crippen LogP contribution >= 0.6 is 0 Å². The Balaban J connectivity index is 2.61. The van der Waals surface area contributed by atoms with Crippen molar-refractivity contribution in [3.8, 4) is 0 Å². The second kappa shape index (κ2) is 6.63. The molecule has 1 amide bonds. The number of nitrogens with zero attached hydrogens (tertiary/aromatic N) is 3. The van der Waals surface area contributed by atoms with Gasteiger partial charge < -0.3 is 15.6 Å². The van der Waals surface area contributed by atoms with Gasteiger partial charge in [0.1, 0.15) is 0 Å². The van der Waals surface area contributed by atoms with Gasteiger partial charge in [-0.05, 0) is 27.3 Å². The standard InChI is InChI=1S/C12H23N5O2/c1-5-14-9(18)7-17(6-2)8-10-15-11(16-19-10)12(3,4)13/h5-8,13H2,1-4H3,(H,14,18). The summed E-state index contributed by atoms with van der Waals surface area (Å²) in [6, 6.07) is 0. The molecule has 0 atom stereocenters. The molecule has 0 aromatic carbocycles. The number of amides is 1. The molecule has 108 valence electrons. The zero-order valence-electron chi connectivity index (χ0n) is 12.1. The molecule has 7 nitrogen and oxygen atoms in total. The third-order valence-electron chi connectivity index (χ3n) is 2.59. The summed E-state index contributed by atoms with van der Waals surface area (Å²) in [6.07, 6.45) is 0. The maximum atomic E-state index is 11.5. The predicted octanol–water partition coefficient (Wildman–Crippen LogP) is 0.221. The minimum atomic E-state index is -0.627. The van der Waals surface area contributed by atoms with Crippen molar-refractivity contribution < 1.29 is 9.32 Å². The average Bonchev–Trinajstić information content (AvgIpc) is 2.76. The van der Waals surface area contributed by atoms with Crippen molar-refractivity contribution in [3.63, 3.8) is 0 Å². The van der Waals surface area contributed by atoms with Gasteiger partial charge in [-0.2, -0.15) is 4.98 Å². The van der Waals surface area contributed by atoms with Crippen LogP contribution in [0.15, 0.2) is 4.52 Å². The van der Waals surface area contributed by atoms with E-state index in [4.69, 9.17) is 10.3 Å². The molecule has 0 saturated heterocycles. The molecule has 3 N–H and O–H groups in total. The van der Waals surface area contributed by atoms with Crippen LogP contribution < -0.4 is 11.1 Å². The Hall–Kier alpha value is -1.47. The third-order valence-corrected chi connectivity index (χ3v) is 2.59. The van der Waals surface area contributed by atoms with Gasteiger partial charge in [0.25, 0.3) is 0 Å². The van der Waals surface area contributed by atoms with E-state index < -0.39 is 5.54 Å². The lowest BCUT2D eigenvalue weighted by molar-refractivity contribution is -0.122. The highest BCUT2D eigenvalue weighted by Gasteiger charge is 2.22. The number of carbonyl (C=O) groups is 1. The van der Waals surface area contributed by atoms with Crippen molar-refractivity contribution in [1.29, 1.82) is 0 Å². The summed E-state index contributed by atoms with van der Waals surface area (Å²) in [7, 11) is 0. The molecule has 0 fully saturated rings. The number of nitrogens with one attached hydrogen (secondary N) is 1. The fraction of sp³-hybridized carbons (Fsp3) is 0.750. The molecule has 0 aliphatic heterocycles. The number of hydrogen-bond acceptors (Lipinski definition) is 6. The van der Waals surface area contributed by atoms with E-state index in [-0.39, 0.29) is 5.91 Å². The highest BCUT2D eigenvalue weighted by Crippen LogP contribution is 2.13. The van der Waals surface area contributed by atoms with Gasteiger partial charge in [0.2, 0.25) is 11.8 Å². The fourth-order valence-corrected chi connectivity index (χ4v) is 1.51. The second-order valence-corrected chi connectivity index (χ2v) is 4.99. The van der Waals surface area contributed by atoms with Crippen LogP contribution in [0, 0.1) is 0 Å². The highest BCUT2D eigenvalue weighted by molar-refractivity contribution is 5.77. The molecule has 0 bridgehead atoms. The molecule has 7 heteroatoms.